The molecule has 2 aromatic carbocycles. The number of carbonyl (C=O) groups is 1. The van der Waals surface area contributed by atoms with Gasteiger partial charge in [-0.1, -0.05) is 44.1 Å². The summed E-state index contributed by atoms with van der Waals surface area (Å²) in [6.45, 7) is 6.96. The SMILES string of the molecule is CC(C)c1cc(-c2nnn(C)n2)cc2c1c(Sc1ccc(Cl)cc1)c1n2CCC1C(C)C(=O)O. The van der Waals surface area contributed by atoms with Crippen LogP contribution in [-0.4, -0.2) is 35.9 Å². The lowest BCUT2D eigenvalue weighted by Gasteiger charge is -2.17. The quantitative estimate of drug-likeness (QED) is 0.354. The van der Waals surface area contributed by atoms with Crippen molar-refractivity contribution in [3.63, 3.8) is 0 Å². The molecule has 4 aromatic rings. The second-order valence-electron chi connectivity index (χ2n) is 9.16. The van der Waals surface area contributed by atoms with Crippen molar-refractivity contribution in [1.82, 2.24) is 24.8 Å². The van der Waals surface area contributed by atoms with E-state index >= 15 is 0 Å². The van der Waals surface area contributed by atoms with Crippen LogP contribution in [-0.2, 0) is 18.4 Å². The zero-order valence-electron chi connectivity index (χ0n) is 19.5. The zero-order valence-corrected chi connectivity index (χ0v) is 21.1. The molecule has 1 N–H and O–H groups in total. The first-order valence-electron chi connectivity index (χ1n) is 11.3. The van der Waals surface area contributed by atoms with Gasteiger partial charge in [0.15, 0.2) is 0 Å². The molecule has 0 saturated carbocycles. The van der Waals surface area contributed by atoms with Gasteiger partial charge in [-0.25, -0.2) is 0 Å². The first-order valence-corrected chi connectivity index (χ1v) is 12.5. The molecule has 2 atom stereocenters. The van der Waals surface area contributed by atoms with Gasteiger partial charge in [0.05, 0.1) is 18.5 Å². The summed E-state index contributed by atoms with van der Waals surface area (Å²) in [6.07, 6.45) is 0.803. The fourth-order valence-electron chi connectivity index (χ4n) is 4.87. The molecule has 5 rings (SSSR count). The third-order valence-corrected chi connectivity index (χ3v) is 8.00. The first-order chi connectivity index (χ1) is 16.2. The molecule has 1 aliphatic heterocycles. The number of aliphatic carboxylic acids is 1. The zero-order chi connectivity index (χ0) is 24.1. The summed E-state index contributed by atoms with van der Waals surface area (Å²) in [6, 6.07) is 12.1. The van der Waals surface area contributed by atoms with Crippen LogP contribution >= 0.6 is 23.4 Å². The van der Waals surface area contributed by atoms with E-state index in [-0.39, 0.29) is 11.8 Å². The standard InChI is InChI=1S/C25H26ClN5O2S/c1-13(2)19-11-15(24-27-29-30(4)28-24)12-20-21(19)23(34-17-7-5-16(26)6-8-17)22-18(9-10-31(20)22)14(3)25(32)33/h5-8,11-14,18H,9-10H2,1-4H3,(H,32,33). The fraction of sp³-hybridized carbons (Fsp3) is 0.360. The molecule has 0 bridgehead atoms. The Hall–Kier alpha value is -2.84. The number of carboxylic acid groups (broad SMARTS) is 1. The Bertz CT molecular complexity index is 1390. The number of aromatic nitrogens is 5. The molecular formula is C25H26ClN5O2S. The monoisotopic (exact) mass is 495 g/mol. The molecule has 0 saturated heterocycles. The van der Waals surface area contributed by atoms with E-state index in [1.165, 1.54) is 15.7 Å². The van der Waals surface area contributed by atoms with E-state index in [4.69, 9.17) is 11.6 Å². The van der Waals surface area contributed by atoms with Gasteiger partial charge in [-0.2, -0.15) is 4.80 Å². The summed E-state index contributed by atoms with van der Waals surface area (Å²) in [7, 11) is 1.76. The van der Waals surface area contributed by atoms with Gasteiger partial charge in [0.1, 0.15) is 0 Å². The van der Waals surface area contributed by atoms with E-state index in [0.717, 1.165) is 39.5 Å². The highest BCUT2D eigenvalue weighted by molar-refractivity contribution is 7.99. The number of nitrogens with zero attached hydrogens (tertiary/aromatic N) is 5. The maximum absolute atomic E-state index is 12.0. The van der Waals surface area contributed by atoms with Gasteiger partial charge < -0.3 is 9.67 Å². The lowest BCUT2D eigenvalue weighted by atomic mass is 9.89. The van der Waals surface area contributed by atoms with Crippen molar-refractivity contribution in [3.8, 4) is 11.4 Å². The molecule has 2 unspecified atom stereocenters. The van der Waals surface area contributed by atoms with E-state index in [1.807, 2.05) is 31.2 Å². The molecule has 2 aromatic heterocycles. The number of rotatable bonds is 6. The molecule has 0 amide bonds. The number of aryl methyl sites for hydroxylation is 2. The molecule has 0 aliphatic carbocycles. The Morgan fingerprint density at radius 1 is 1.21 bits per heavy atom. The number of carboxylic acids is 1. The highest BCUT2D eigenvalue weighted by Crippen LogP contribution is 2.50. The molecule has 9 heteroatoms. The average Bonchev–Trinajstić information content (AvgIpc) is 3.50. The van der Waals surface area contributed by atoms with Crippen LogP contribution in [0.4, 0.5) is 0 Å². The summed E-state index contributed by atoms with van der Waals surface area (Å²) in [4.78, 5) is 15.6. The molecule has 0 radical (unpaired) electrons. The van der Waals surface area contributed by atoms with Crippen molar-refractivity contribution >= 4 is 40.2 Å². The minimum atomic E-state index is -0.764. The van der Waals surface area contributed by atoms with Crippen molar-refractivity contribution in [1.29, 1.82) is 0 Å². The van der Waals surface area contributed by atoms with Crippen molar-refractivity contribution in [3.05, 3.63) is 52.7 Å². The summed E-state index contributed by atoms with van der Waals surface area (Å²) in [5.41, 5.74) is 4.32. The van der Waals surface area contributed by atoms with Gasteiger partial charge in [0.2, 0.25) is 5.82 Å². The molecule has 1 aliphatic rings. The summed E-state index contributed by atoms with van der Waals surface area (Å²) < 4.78 is 2.31. The Labute approximate surface area is 207 Å². The lowest BCUT2D eigenvalue weighted by Crippen LogP contribution is -2.17. The highest BCUT2D eigenvalue weighted by atomic mass is 35.5. The Morgan fingerprint density at radius 2 is 1.94 bits per heavy atom. The second-order valence-corrected chi connectivity index (χ2v) is 10.7. The van der Waals surface area contributed by atoms with E-state index in [0.29, 0.717) is 10.8 Å². The fourth-order valence-corrected chi connectivity index (χ4v) is 6.20. The van der Waals surface area contributed by atoms with Crippen LogP contribution in [0.15, 0.2) is 46.2 Å². The van der Waals surface area contributed by atoms with Crippen LogP contribution in [0.5, 0.6) is 0 Å². The Morgan fingerprint density at radius 3 is 2.56 bits per heavy atom. The van der Waals surface area contributed by atoms with Crippen molar-refractivity contribution < 1.29 is 9.90 Å². The van der Waals surface area contributed by atoms with Crippen LogP contribution in [0.3, 0.4) is 0 Å². The van der Waals surface area contributed by atoms with Gasteiger partial charge >= 0.3 is 5.97 Å². The summed E-state index contributed by atoms with van der Waals surface area (Å²) in [5, 5.41) is 24.4. The summed E-state index contributed by atoms with van der Waals surface area (Å²) >= 11 is 7.82. The van der Waals surface area contributed by atoms with Gasteiger partial charge in [0, 0.05) is 43.9 Å². The smallest absolute Gasteiger partial charge is 0.306 e. The number of hydrogen-bond acceptors (Lipinski definition) is 5. The maximum Gasteiger partial charge on any atom is 0.306 e. The predicted octanol–water partition coefficient (Wildman–Crippen LogP) is 5.97. The van der Waals surface area contributed by atoms with Gasteiger partial charge in [0.25, 0.3) is 0 Å². The van der Waals surface area contributed by atoms with E-state index < -0.39 is 11.9 Å². The molecule has 7 nitrogen and oxygen atoms in total. The molecule has 3 heterocycles. The van der Waals surface area contributed by atoms with Gasteiger partial charge in [-0.3, -0.25) is 4.79 Å². The van der Waals surface area contributed by atoms with Crippen LogP contribution < -0.4 is 0 Å². The minimum Gasteiger partial charge on any atom is -0.481 e. The predicted molar refractivity (Wildman–Crippen MR) is 134 cm³/mol. The summed E-state index contributed by atoms with van der Waals surface area (Å²) in [5.74, 6) is -0.458. The van der Waals surface area contributed by atoms with Crippen molar-refractivity contribution in [2.75, 3.05) is 0 Å². The van der Waals surface area contributed by atoms with Crippen LogP contribution in [0.2, 0.25) is 5.02 Å². The topological polar surface area (TPSA) is 85.8 Å². The lowest BCUT2D eigenvalue weighted by molar-refractivity contribution is -0.141. The number of halogens is 1. The van der Waals surface area contributed by atoms with Crippen molar-refractivity contribution in [2.24, 2.45) is 13.0 Å². The van der Waals surface area contributed by atoms with Crippen LogP contribution in [0, 0.1) is 5.92 Å². The third-order valence-electron chi connectivity index (χ3n) is 6.62. The van der Waals surface area contributed by atoms with Gasteiger partial charge in [-0.15, -0.1) is 10.2 Å². The minimum absolute atomic E-state index is 0.0576. The average molecular weight is 496 g/mol. The van der Waals surface area contributed by atoms with Crippen molar-refractivity contribution in [2.45, 2.75) is 55.4 Å². The van der Waals surface area contributed by atoms with E-state index in [9.17, 15) is 9.90 Å². The normalized spacial score (nSPS) is 16.4. The Kier molecular flexibility index (Phi) is 5.90. The van der Waals surface area contributed by atoms with Crippen LogP contribution in [0.1, 0.15) is 50.3 Å². The Balaban J connectivity index is 1.78. The number of hydrogen-bond donors (Lipinski definition) is 1. The van der Waals surface area contributed by atoms with E-state index in [1.54, 1.807) is 18.8 Å². The number of tetrazole rings is 1. The highest BCUT2D eigenvalue weighted by Gasteiger charge is 2.37. The third kappa shape index (κ3) is 3.88. The second kappa shape index (κ2) is 8.74. The molecule has 176 valence electrons. The maximum atomic E-state index is 12.0. The van der Waals surface area contributed by atoms with E-state index in [2.05, 4.69) is 46.0 Å². The van der Waals surface area contributed by atoms with Gasteiger partial charge in [-0.05, 0) is 59.5 Å². The molecule has 34 heavy (non-hydrogen) atoms. The van der Waals surface area contributed by atoms with Crippen LogP contribution in [0.25, 0.3) is 22.3 Å². The largest absolute Gasteiger partial charge is 0.481 e. The molecule has 0 spiro atoms. The molecule has 0 fully saturated rings. The number of benzene rings is 2. The first kappa shape index (κ1) is 22.9. The number of fused-ring (bicyclic) bond motifs is 3. The molecular weight excluding hydrogens is 470 g/mol.